The minimum atomic E-state index is -1.07. The van der Waals surface area contributed by atoms with Crippen molar-refractivity contribution in [3.05, 3.63) is 46.6 Å². The average molecular weight is 375 g/mol. The Kier molecular flexibility index (Phi) is 4.81. The molecule has 0 radical (unpaired) electrons. The molecule has 1 amide bonds. The average Bonchev–Trinajstić information content (AvgIpc) is 3.01. The van der Waals surface area contributed by atoms with E-state index in [1.54, 1.807) is 6.07 Å². The number of nitrogens with zero attached hydrogens (tertiary/aromatic N) is 5. The van der Waals surface area contributed by atoms with Gasteiger partial charge in [-0.2, -0.15) is 4.98 Å². The molecule has 3 aromatic heterocycles. The molecule has 3 heterocycles. The summed E-state index contributed by atoms with van der Waals surface area (Å²) in [7, 11) is 0. The highest BCUT2D eigenvalue weighted by Crippen LogP contribution is 2.11. The Balaban J connectivity index is 1.69. The number of rotatable bonds is 4. The lowest BCUT2D eigenvalue weighted by Gasteiger charge is -2.11. The number of pyridine rings is 1. The number of nitrogens with one attached hydrogen (secondary N) is 1. The molecule has 0 unspecified atom stereocenters. The van der Waals surface area contributed by atoms with E-state index in [0.29, 0.717) is 10.8 Å². The molecule has 3 rings (SSSR count). The molecule has 1 atom stereocenters. The number of carbonyl (C=O) groups excluding carboxylic acids is 2. The topological polar surface area (TPSA) is 111 Å². The smallest absolute Gasteiger partial charge is 0.379 e. The van der Waals surface area contributed by atoms with Crippen molar-refractivity contribution >= 4 is 35.1 Å². The van der Waals surface area contributed by atoms with E-state index in [0.717, 1.165) is 11.4 Å². The zero-order valence-corrected chi connectivity index (χ0v) is 15.0. The van der Waals surface area contributed by atoms with Crippen LogP contribution >= 0.6 is 11.6 Å². The van der Waals surface area contributed by atoms with E-state index in [1.165, 1.54) is 23.7 Å². The van der Waals surface area contributed by atoms with Gasteiger partial charge >= 0.3 is 5.97 Å². The fourth-order valence-corrected chi connectivity index (χ4v) is 2.31. The van der Waals surface area contributed by atoms with Crippen molar-refractivity contribution in [1.29, 1.82) is 0 Å². The number of halogens is 1. The van der Waals surface area contributed by atoms with Crippen molar-refractivity contribution in [1.82, 2.24) is 24.6 Å². The second kappa shape index (κ2) is 7.04. The van der Waals surface area contributed by atoms with Gasteiger partial charge in [-0.15, -0.1) is 5.10 Å². The van der Waals surface area contributed by atoms with Crippen LogP contribution < -0.4 is 5.32 Å². The lowest BCUT2D eigenvalue weighted by Crippen LogP contribution is -2.30. The number of aryl methyl sites for hydroxylation is 2. The van der Waals surface area contributed by atoms with E-state index in [-0.39, 0.29) is 11.6 Å². The summed E-state index contributed by atoms with van der Waals surface area (Å²) in [6, 6.07) is 4.93. The minimum Gasteiger partial charge on any atom is -0.447 e. The van der Waals surface area contributed by atoms with Crippen LogP contribution in [-0.2, 0) is 9.53 Å². The third-order valence-electron chi connectivity index (χ3n) is 3.43. The number of fused-ring (bicyclic) bond motifs is 1. The van der Waals surface area contributed by atoms with Gasteiger partial charge in [0.05, 0.1) is 5.02 Å². The minimum absolute atomic E-state index is 0.171. The number of aromatic nitrogens is 5. The summed E-state index contributed by atoms with van der Waals surface area (Å²) in [5.41, 5.74) is 1.53. The molecule has 0 spiro atoms. The fourth-order valence-electron chi connectivity index (χ4n) is 2.20. The highest BCUT2D eigenvalue weighted by molar-refractivity contribution is 6.30. The van der Waals surface area contributed by atoms with Gasteiger partial charge in [0.15, 0.2) is 6.10 Å². The lowest BCUT2D eigenvalue weighted by atomic mass is 10.3. The van der Waals surface area contributed by atoms with Gasteiger partial charge < -0.3 is 10.1 Å². The third-order valence-corrected chi connectivity index (χ3v) is 3.66. The quantitative estimate of drug-likeness (QED) is 0.695. The molecular formula is C16H15ClN6O3. The van der Waals surface area contributed by atoms with Crippen molar-refractivity contribution < 1.29 is 14.3 Å². The maximum absolute atomic E-state index is 12.2. The van der Waals surface area contributed by atoms with Crippen LogP contribution in [0, 0.1) is 13.8 Å². The number of anilines is 1. The van der Waals surface area contributed by atoms with Crippen molar-refractivity contribution in [2.24, 2.45) is 0 Å². The summed E-state index contributed by atoms with van der Waals surface area (Å²) in [4.78, 5) is 36.5. The summed E-state index contributed by atoms with van der Waals surface area (Å²) < 4.78 is 6.56. The highest BCUT2D eigenvalue weighted by atomic mass is 35.5. The Morgan fingerprint density at radius 2 is 2.04 bits per heavy atom. The number of esters is 1. The normalized spacial score (nSPS) is 12.0. The SMILES string of the molecule is Cc1cc(C)n2nc(C(=O)O[C@H](C)C(=O)Nc3ccc(Cl)cn3)nc2n1. The van der Waals surface area contributed by atoms with Gasteiger partial charge in [-0.3, -0.25) is 4.79 Å². The van der Waals surface area contributed by atoms with Gasteiger partial charge in [0.2, 0.25) is 0 Å². The molecule has 0 aromatic carbocycles. The highest BCUT2D eigenvalue weighted by Gasteiger charge is 2.23. The van der Waals surface area contributed by atoms with E-state index in [4.69, 9.17) is 16.3 Å². The number of hydrogen-bond donors (Lipinski definition) is 1. The van der Waals surface area contributed by atoms with Gasteiger partial charge in [-0.1, -0.05) is 11.6 Å². The van der Waals surface area contributed by atoms with Crippen LogP contribution in [-0.4, -0.2) is 42.5 Å². The summed E-state index contributed by atoms with van der Waals surface area (Å²) in [5.74, 6) is -0.947. The molecule has 3 aromatic rings. The zero-order valence-electron chi connectivity index (χ0n) is 14.2. The molecule has 0 fully saturated rings. The largest absolute Gasteiger partial charge is 0.447 e. The molecule has 0 aliphatic heterocycles. The van der Waals surface area contributed by atoms with Crippen LogP contribution in [0.1, 0.15) is 28.9 Å². The molecule has 0 aliphatic carbocycles. The number of hydrogen-bond acceptors (Lipinski definition) is 7. The van der Waals surface area contributed by atoms with Crippen molar-refractivity contribution in [3.8, 4) is 0 Å². The van der Waals surface area contributed by atoms with Crippen LogP contribution in [0.4, 0.5) is 5.82 Å². The molecule has 26 heavy (non-hydrogen) atoms. The summed E-state index contributed by atoms with van der Waals surface area (Å²) >= 11 is 5.74. The van der Waals surface area contributed by atoms with Gasteiger partial charge in [0, 0.05) is 17.6 Å². The van der Waals surface area contributed by atoms with Crippen molar-refractivity contribution in [2.45, 2.75) is 26.9 Å². The molecule has 134 valence electrons. The third kappa shape index (κ3) is 3.77. The molecule has 0 bridgehead atoms. The second-order valence-corrected chi connectivity index (χ2v) is 6.02. The molecule has 1 N–H and O–H groups in total. The Hall–Kier alpha value is -3.07. The van der Waals surface area contributed by atoms with Crippen LogP contribution in [0.15, 0.2) is 24.4 Å². The molecule has 10 heteroatoms. The number of ether oxygens (including phenoxy) is 1. The molecule has 0 saturated heterocycles. The van der Waals surface area contributed by atoms with Crippen LogP contribution in [0.3, 0.4) is 0 Å². The first-order chi connectivity index (χ1) is 12.3. The van der Waals surface area contributed by atoms with Gasteiger partial charge in [0.25, 0.3) is 17.5 Å². The monoisotopic (exact) mass is 374 g/mol. The van der Waals surface area contributed by atoms with Crippen LogP contribution in [0.5, 0.6) is 0 Å². The van der Waals surface area contributed by atoms with Crippen molar-refractivity contribution in [2.75, 3.05) is 5.32 Å². The van der Waals surface area contributed by atoms with E-state index < -0.39 is 18.0 Å². The molecular weight excluding hydrogens is 360 g/mol. The first-order valence-electron chi connectivity index (χ1n) is 7.68. The van der Waals surface area contributed by atoms with E-state index in [9.17, 15) is 9.59 Å². The molecule has 0 saturated carbocycles. The lowest BCUT2D eigenvalue weighted by molar-refractivity contribution is -0.123. The van der Waals surface area contributed by atoms with E-state index in [2.05, 4.69) is 25.4 Å². The first kappa shape index (κ1) is 17.7. The maximum Gasteiger partial charge on any atom is 0.379 e. The van der Waals surface area contributed by atoms with Crippen LogP contribution in [0.2, 0.25) is 5.02 Å². The number of carbonyl (C=O) groups is 2. The number of amides is 1. The van der Waals surface area contributed by atoms with Gasteiger partial charge in [-0.25, -0.2) is 19.3 Å². The molecule has 9 nitrogen and oxygen atoms in total. The predicted molar refractivity (Wildman–Crippen MR) is 93.0 cm³/mol. The fraction of sp³-hybridized carbons (Fsp3) is 0.250. The zero-order chi connectivity index (χ0) is 18.8. The summed E-state index contributed by atoms with van der Waals surface area (Å²) in [6.07, 6.45) is 0.327. The standard InChI is InChI=1S/C16H15ClN6O3/c1-8-6-9(2)23-16(19-8)21-13(22-23)15(25)26-10(3)14(24)20-12-5-4-11(17)7-18-12/h4-7,10H,1-3H3,(H,18,20,24)/t10-/m1/s1. The Bertz CT molecular complexity index is 986. The van der Waals surface area contributed by atoms with E-state index >= 15 is 0 Å². The Morgan fingerprint density at radius 3 is 2.73 bits per heavy atom. The summed E-state index contributed by atoms with van der Waals surface area (Å²) in [5, 5.41) is 7.04. The molecule has 0 aliphatic rings. The van der Waals surface area contributed by atoms with E-state index in [1.807, 2.05) is 19.9 Å². The first-order valence-corrected chi connectivity index (χ1v) is 8.05. The second-order valence-electron chi connectivity index (χ2n) is 5.58. The van der Waals surface area contributed by atoms with Gasteiger partial charge in [-0.05, 0) is 39.0 Å². The Morgan fingerprint density at radius 1 is 1.27 bits per heavy atom. The van der Waals surface area contributed by atoms with Gasteiger partial charge in [0.1, 0.15) is 5.82 Å². The Labute approximate surface area is 153 Å². The summed E-state index contributed by atoms with van der Waals surface area (Å²) in [6.45, 7) is 5.07. The van der Waals surface area contributed by atoms with Crippen molar-refractivity contribution in [3.63, 3.8) is 0 Å². The maximum atomic E-state index is 12.2. The van der Waals surface area contributed by atoms with Crippen LogP contribution in [0.25, 0.3) is 5.78 Å². The predicted octanol–water partition coefficient (Wildman–Crippen LogP) is 1.97.